The van der Waals surface area contributed by atoms with E-state index in [0.717, 1.165) is 22.9 Å². The zero-order valence-corrected chi connectivity index (χ0v) is 17.4. The van der Waals surface area contributed by atoms with Crippen LogP contribution in [-0.4, -0.2) is 5.91 Å². The van der Waals surface area contributed by atoms with E-state index in [9.17, 15) is 4.79 Å². The highest BCUT2D eigenvalue weighted by atomic mass is 16.2. The highest BCUT2D eigenvalue weighted by Crippen LogP contribution is 2.59. The van der Waals surface area contributed by atoms with E-state index in [4.69, 9.17) is 0 Å². The lowest BCUT2D eigenvalue weighted by Gasteiger charge is -2.20. The van der Waals surface area contributed by atoms with Crippen LogP contribution in [0.2, 0.25) is 0 Å². The summed E-state index contributed by atoms with van der Waals surface area (Å²) in [6.45, 7) is 4.22. The van der Waals surface area contributed by atoms with Gasteiger partial charge in [-0.05, 0) is 42.8 Å². The molecule has 1 aliphatic rings. The molecule has 4 aromatic rings. The summed E-state index contributed by atoms with van der Waals surface area (Å²) in [6.07, 6.45) is 0.830. The van der Waals surface area contributed by atoms with Crippen LogP contribution in [0.1, 0.15) is 28.7 Å². The molecule has 1 unspecified atom stereocenters. The van der Waals surface area contributed by atoms with Crippen LogP contribution in [0.4, 0.5) is 5.69 Å². The second-order valence-electron chi connectivity index (χ2n) is 8.48. The number of hydrogen-bond donors (Lipinski definition) is 1. The Bertz CT molecular complexity index is 1210. The molecule has 2 nitrogen and oxygen atoms in total. The highest BCUT2D eigenvalue weighted by molar-refractivity contribution is 6.04. The third kappa shape index (κ3) is 3.09. The standard InChI is InChI=1S/C28H25NO/c1-19-8-5-12-22(16-19)28(23-13-6-9-20(2)17-23)18-25(28)27(30)29-26-15-7-11-21-10-3-4-14-24(21)26/h3-17,25H,18H2,1-2H3,(H,29,30). The van der Waals surface area contributed by atoms with Crippen molar-refractivity contribution in [2.24, 2.45) is 5.92 Å². The average Bonchev–Trinajstić information content (AvgIpc) is 3.51. The zero-order valence-electron chi connectivity index (χ0n) is 17.4. The maximum atomic E-state index is 13.4. The summed E-state index contributed by atoms with van der Waals surface area (Å²) in [5, 5.41) is 5.44. The summed E-state index contributed by atoms with van der Waals surface area (Å²) >= 11 is 0. The lowest BCUT2D eigenvalue weighted by Crippen LogP contribution is -2.22. The molecule has 0 aliphatic heterocycles. The molecule has 148 valence electrons. The quantitative estimate of drug-likeness (QED) is 0.428. The molecule has 0 spiro atoms. The Morgan fingerprint density at radius 3 is 2.07 bits per heavy atom. The van der Waals surface area contributed by atoms with Crippen LogP contribution in [-0.2, 0) is 10.2 Å². The van der Waals surface area contributed by atoms with Crippen molar-refractivity contribution >= 4 is 22.4 Å². The molecule has 1 aliphatic carbocycles. The van der Waals surface area contributed by atoms with Crippen molar-refractivity contribution in [1.82, 2.24) is 0 Å². The summed E-state index contributed by atoms with van der Waals surface area (Å²) in [4.78, 5) is 13.4. The molecule has 1 amide bonds. The first-order chi connectivity index (χ1) is 14.6. The fourth-order valence-corrected chi connectivity index (χ4v) is 4.78. The lowest BCUT2D eigenvalue weighted by atomic mass is 9.84. The van der Waals surface area contributed by atoms with E-state index in [0.29, 0.717) is 0 Å². The Morgan fingerprint density at radius 2 is 1.40 bits per heavy atom. The first-order valence-corrected chi connectivity index (χ1v) is 10.5. The number of rotatable bonds is 4. The number of benzene rings is 4. The molecule has 30 heavy (non-hydrogen) atoms. The van der Waals surface area contributed by atoms with Crippen LogP contribution in [0.3, 0.4) is 0 Å². The number of fused-ring (bicyclic) bond motifs is 1. The topological polar surface area (TPSA) is 29.1 Å². The second kappa shape index (κ2) is 7.14. The number of carbonyl (C=O) groups excluding carboxylic acids is 1. The molecule has 0 bridgehead atoms. The summed E-state index contributed by atoms with van der Waals surface area (Å²) in [6, 6.07) is 31.4. The van der Waals surface area contributed by atoms with Crippen molar-refractivity contribution in [3.63, 3.8) is 0 Å². The predicted octanol–water partition coefficient (Wildman–Crippen LogP) is 6.40. The molecule has 0 heterocycles. The SMILES string of the molecule is Cc1cccc(C2(c3cccc(C)c3)CC2C(=O)Nc2cccc3ccccc23)c1. The maximum absolute atomic E-state index is 13.4. The second-order valence-corrected chi connectivity index (χ2v) is 8.48. The largest absolute Gasteiger partial charge is 0.325 e. The maximum Gasteiger partial charge on any atom is 0.228 e. The van der Waals surface area contributed by atoms with Crippen LogP contribution < -0.4 is 5.32 Å². The van der Waals surface area contributed by atoms with Crippen LogP contribution in [0.15, 0.2) is 91.0 Å². The summed E-state index contributed by atoms with van der Waals surface area (Å²) in [5.74, 6) is 0.00873. The third-order valence-electron chi connectivity index (χ3n) is 6.39. The van der Waals surface area contributed by atoms with Gasteiger partial charge in [0.05, 0.1) is 5.92 Å². The Balaban J connectivity index is 1.53. The number of nitrogens with one attached hydrogen (secondary N) is 1. The normalized spacial score (nSPS) is 16.9. The van der Waals surface area contributed by atoms with E-state index >= 15 is 0 Å². The third-order valence-corrected chi connectivity index (χ3v) is 6.39. The molecular weight excluding hydrogens is 366 g/mol. The van der Waals surface area contributed by atoms with Gasteiger partial charge in [-0.3, -0.25) is 4.79 Å². The van der Waals surface area contributed by atoms with Gasteiger partial charge in [-0.15, -0.1) is 0 Å². The minimum atomic E-state index is -0.257. The van der Waals surface area contributed by atoms with E-state index in [2.05, 4.69) is 85.9 Å². The summed E-state index contributed by atoms with van der Waals surface area (Å²) in [5.41, 5.74) is 5.52. The fourth-order valence-electron chi connectivity index (χ4n) is 4.78. The number of carbonyl (C=O) groups is 1. The van der Waals surface area contributed by atoms with Gasteiger partial charge in [-0.2, -0.15) is 0 Å². The molecular formula is C28H25NO. The number of aryl methyl sites for hydroxylation is 2. The Labute approximate surface area is 177 Å². The van der Waals surface area contributed by atoms with E-state index in [-0.39, 0.29) is 17.2 Å². The summed E-state index contributed by atoms with van der Waals surface area (Å²) in [7, 11) is 0. The minimum Gasteiger partial charge on any atom is -0.325 e. The average molecular weight is 392 g/mol. The molecule has 0 radical (unpaired) electrons. The van der Waals surface area contributed by atoms with Gasteiger partial charge in [0.2, 0.25) is 5.91 Å². The number of anilines is 1. The van der Waals surface area contributed by atoms with Gasteiger partial charge in [-0.1, -0.05) is 96.1 Å². The molecule has 0 saturated heterocycles. The lowest BCUT2D eigenvalue weighted by molar-refractivity contribution is -0.117. The number of hydrogen-bond acceptors (Lipinski definition) is 1. The van der Waals surface area contributed by atoms with Gasteiger partial charge in [0, 0.05) is 16.5 Å². The van der Waals surface area contributed by atoms with Crippen molar-refractivity contribution < 1.29 is 4.79 Å². The van der Waals surface area contributed by atoms with Gasteiger partial charge in [0.25, 0.3) is 0 Å². The molecule has 0 aromatic heterocycles. The van der Waals surface area contributed by atoms with Gasteiger partial charge in [0.15, 0.2) is 0 Å². The van der Waals surface area contributed by atoms with Gasteiger partial charge >= 0.3 is 0 Å². The van der Waals surface area contributed by atoms with Crippen molar-refractivity contribution in [2.45, 2.75) is 25.7 Å². The van der Waals surface area contributed by atoms with Crippen LogP contribution in [0, 0.1) is 19.8 Å². The van der Waals surface area contributed by atoms with E-state index in [1.165, 1.54) is 22.3 Å². The van der Waals surface area contributed by atoms with Crippen molar-refractivity contribution in [3.05, 3.63) is 113 Å². The van der Waals surface area contributed by atoms with Gasteiger partial charge < -0.3 is 5.32 Å². The van der Waals surface area contributed by atoms with Crippen molar-refractivity contribution in [3.8, 4) is 0 Å². The monoisotopic (exact) mass is 391 g/mol. The Morgan fingerprint density at radius 1 is 0.800 bits per heavy atom. The molecule has 4 aromatic carbocycles. The summed E-state index contributed by atoms with van der Waals surface area (Å²) < 4.78 is 0. The fraction of sp³-hybridized carbons (Fsp3) is 0.179. The smallest absolute Gasteiger partial charge is 0.228 e. The number of amides is 1. The Hall–Kier alpha value is -3.39. The first-order valence-electron chi connectivity index (χ1n) is 10.5. The van der Waals surface area contributed by atoms with Crippen molar-refractivity contribution in [1.29, 1.82) is 0 Å². The van der Waals surface area contributed by atoms with E-state index in [1.807, 2.05) is 24.3 Å². The molecule has 1 N–H and O–H groups in total. The van der Waals surface area contributed by atoms with Crippen LogP contribution in [0.5, 0.6) is 0 Å². The van der Waals surface area contributed by atoms with Gasteiger partial charge in [0.1, 0.15) is 0 Å². The minimum absolute atomic E-state index is 0.0833. The molecule has 2 heteroatoms. The first kappa shape index (κ1) is 18.6. The molecule has 1 atom stereocenters. The van der Waals surface area contributed by atoms with Crippen LogP contribution >= 0.6 is 0 Å². The molecule has 1 saturated carbocycles. The predicted molar refractivity (Wildman–Crippen MR) is 124 cm³/mol. The molecule has 1 fully saturated rings. The van der Waals surface area contributed by atoms with Gasteiger partial charge in [-0.25, -0.2) is 0 Å². The van der Waals surface area contributed by atoms with Crippen LogP contribution in [0.25, 0.3) is 10.8 Å². The van der Waals surface area contributed by atoms with E-state index < -0.39 is 0 Å². The highest BCUT2D eigenvalue weighted by Gasteiger charge is 2.60. The molecule has 5 rings (SSSR count). The van der Waals surface area contributed by atoms with Crippen molar-refractivity contribution in [2.75, 3.05) is 5.32 Å². The van der Waals surface area contributed by atoms with E-state index in [1.54, 1.807) is 0 Å². The zero-order chi connectivity index (χ0) is 20.7. The Kier molecular flexibility index (Phi) is 4.43.